The van der Waals surface area contributed by atoms with Crippen LogP contribution in [-0.2, 0) is 19.5 Å². The van der Waals surface area contributed by atoms with Gasteiger partial charge in [0, 0.05) is 35.3 Å². The van der Waals surface area contributed by atoms with E-state index in [-0.39, 0.29) is 25.0 Å². The molecule has 43 heavy (non-hydrogen) atoms. The van der Waals surface area contributed by atoms with Crippen molar-refractivity contribution in [2.45, 2.75) is 58.9 Å². The Bertz CT molecular complexity index is 1570. The number of rotatable bonds is 7. The van der Waals surface area contributed by atoms with Crippen molar-refractivity contribution in [3.05, 3.63) is 105 Å². The maximum atomic E-state index is 13.6. The van der Waals surface area contributed by atoms with Crippen LogP contribution >= 0.6 is 11.3 Å². The zero-order valence-corrected chi connectivity index (χ0v) is 25.5. The Labute approximate surface area is 254 Å². The number of thiazole rings is 1. The standard InChI is InChI=1S/C33H35F3N4O2S/c1-6-10-23(17-21(2)33(34,35)36)24-13-14-26(27-19-40(16-15-25(24)27)31(42)39-32(3,4)5)30(41)37-18-28-29(38-20-43-28)22-11-8-7-9-12-22/h6-14,17,20H,1,15-16,18-19H2,2-5H3,(H,37,41)(H,39,42)/b21-17+,23-10+. The maximum absolute atomic E-state index is 13.6. The number of urea groups is 1. The Morgan fingerprint density at radius 1 is 1.07 bits per heavy atom. The van der Waals surface area contributed by atoms with E-state index in [1.54, 1.807) is 22.5 Å². The highest BCUT2D eigenvalue weighted by molar-refractivity contribution is 7.10. The number of alkyl halides is 3. The SMILES string of the molecule is C=C/C=C(\C=C(/C)C(F)(F)F)c1ccc(C(=O)NCc2scnc2-c2ccccc2)c2c1CCN(C(=O)NC(C)(C)C)C2. The van der Waals surface area contributed by atoms with Gasteiger partial charge in [-0.1, -0.05) is 55.1 Å². The molecule has 0 radical (unpaired) electrons. The lowest BCUT2D eigenvalue weighted by Crippen LogP contribution is -2.50. The third kappa shape index (κ3) is 7.81. The second-order valence-corrected chi connectivity index (χ2v) is 12.3. The van der Waals surface area contributed by atoms with E-state index >= 15 is 0 Å². The van der Waals surface area contributed by atoms with Crippen LogP contribution in [0.2, 0.25) is 0 Å². The predicted molar refractivity (Wildman–Crippen MR) is 166 cm³/mol. The molecular formula is C33H35F3N4O2S. The minimum atomic E-state index is -4.49. The summed E-state index contributed by atoms with van der Waals surface area (Å²) in [5, 5.41) is 5.95. The van der Waals surface area contributed by atoms with Gasteiger partial charge in [0.25, 0.3) is 5.91 Å². The van der Waals surface area contributed by atoms with E-state index in [0.717, 1.165) is 34.7 Å². The molecule has 1 aliphatic heterocycles. The van der Waals surface area contributed by atoms with Crippen LogP contribution in [0.5, 0.6) is 0 Å². The van der Waals surface area contributed by atoms with Crippen LogP contribution < -0.4 is 10.6 Å². The zero-order chi connectivity index (χ0) is 31.4. The number of benzene rings is 2. The highest BCUT2D eigenvalue weighted by atomic mass is 32.1. The summed E-state index contributed by atoms with van der Waals surface area (Å²) >= 11 is 1.44. The Morgan fingerprint density at radius 2 is 1.77 bits per heavy atom. The summed E-state index contributed by atoms with van der Waals surface area (Å²) in [7, 11) is 0. The number of allylic oxidation sites excluding steroid dienone is 5. The highest BCUT2D eigenvalue weighted by Gasteiger charge is 2.32. The number of fused-ring (bicyclic) bond motifs is 1. The van der Waals surface area contributed by atoms with Crippen molar-refractivity contribution in [2.75, 3.05) is 6.54 Å². The van der Waals surface area contributed by atoms with Crippen molar-refractivity contribution in [1.82, 2.24) is 20.5 Å². The Morgan fingerprint density at radius 3 is 2.42 bits per heavy atom. The van der Waals surface area contributed by atoms with E-state index in [1.165, 1.54) is 23.5 Å². The fourth-order valence-corrected chi connectivity index (χ4v) is 5.60. The van der Waals surface area contributed by atoms with Crippen LogP contribution in [-0.4, -0.2) is 40.1 Å². The molecule has 3 amide bonds. The average Bonchev–Trinajstić information content (AvgIpc) is 3.42. The number of halogens is 3. The topological polar surface area (TPSA) is 74.3 Å². The summed E-state index contributed by atoms with van der Waals surface area (Å²) in [4.78, 5) is 33.7. The molecule has 0 fully saturated rings. The van der Waals surface area contributed by atoms with Gasteiger partial charge in [0.1, 0.15) is 0 Å². The molecule has 0 spiro atoms. The molecule has 0 saturated carbocycles. The monoisotopic (exact) mass is 608 g/mol. The zero-order valence-electron chi connectivity index (χ0n) is 24.6. The Balaban J connectivity index is 1.71. The number of carbonyl (C=O) groups is 2. The first-order valence-electron chi connectivity index (χ1n) is 13.8. The van der Waals surface area contributed by atoms with Gasteiger partial charge in [-0.3, -0.25) is 4.79 Å². The number of nitrogens with zero attached hydrogens (tertiary/aromatic N) is 2. The van der Waals surface area contributed by atoms with Gasteiger partial charge in [0.05, 0.1) is 22.6 Å². The molecule has 2 aromatic carbocycles. The second kappa shape index (κ2) is 13.0. The number of carbonyl (C=O) groups excluding carboxylic acids is 2. The van der Waals surface area contributed by atoms with Gasteiger partial charge < -0.3 is 15.5 Å². The predicted octanol–water partition coefficient (Wildman–Crippen LogP) is 7.68. The molecule has 0 atom stereocenters. The smallest absolute Gasteiger partial charge is 0.347 e. The van der Waals surface area contributed by atoms with Crippen LogP contribution in [0.25, 0.3) is 16.8 Å². The maximum Gasteiger partial charge on any atom is 0.412 e. The molecule has 0 aliphatic carbocycles. The van der Waals surface area contributed by atoms with Gasteiger partial charge in [0.2, 0.25) is 0 Å². The molecule has 2 heterocycles. The normalized spacial score (nSPS) is 14.3. The van der Waals surface area contributed by atoms with E-state index in [4.69, 9.17) is 0 Å². The lowest BCUT2D eigenvalue weighted by atomic mass is 9.86. The largest absolute Gasteiger partial charge is 0.412 e. The molecule has 1 aromatic heterocycles. The van der Waals surface area contributed by atoms with Crippen LogP contribution in [0.1, 0.15) is 59.6 Å². The number of hydrogen-bond acceptors (Lipinski definition) is 4. The van der Waals surface area contributed by atoms with Gasteiger partial charge in [-0.2, -0.15) is 13.2 Å². The van der Waals surface area contributed by atoms with Gasteiger partial charge in [-0.15, -0.1) is 11.3 Å². The Hall–Kier alpha value is -4.18. The van der Waals surface area contributed by atoms with E-state index < -0.39 is 17.3 Å². The summed E-state index contributed by atoms with van der Waals surface area (Å²) in [5.74, 6) is -0.343. The van der Waals surface area contributed by atoms with Crippen LogP contribution in [0.4, 0.5) is 18.0 Å². The lowest BCUT2D eigenvalue weighted by molar-refractivity contribution is -0.0912. The number of hydrogen-bond donors (Lipinski definition) is 2. The molecule has 6 nitrogen and oxygen atoms in total. The summed E-state index contributed by atoms with van der Waals surface area (Å²) in [6.07, 6.45) is -0.0718. The highest BCUT2D eigenvalue weighted by Crippen LogP contribution is 2.34. The van der Waals surface area contributed by atoms with Gasteiger partial charge in [-0.05, 0) is 68.5 Å². The first kappa shape index (κ1) is 31.7. The number of nitrogens with one attached hydrogen (secondary N) is 2. The fraction of sp³-hybridized carbons (Fsp3) is 0.303. The van der Waals surface area contributed by atoms with Crippen molar-refractivity contribution in [3.8, 4) is 11.3 Å². The van der Waals surface area contributed by atoms with Crippen LogP contribution in [0.3, 0.4) is 0 Å². The van der Waals surface area contributed by atoms with Crippen molar-refractivity contribution < 1.29 is 22.8 Å². The summed E-state index contributed by atoms with van der Waals surface area (Å²) in [6, 6.07) is 12.7. The molecule has 10 heteroatoms. The van der Waals surface area contributed by atoms with Crippen molar-refractivity contribution in [1.29, 1.82) is 0 Å². The molecule has 0 saturated heterocycles. The van der Waals surface area contributed by atoms with Gasteiger partial charge in [-0.25, -0.2) is 9.78 Å². The minimum Gasteiger partial charge on any atom is -0.347 e. The minimum absolute atomic E-state index is 0.132. The van der Waals surface area contributed by atoms with Crippen LogP contribution in [0, 0.1) is 0 Å². The molecule has 0 unspecified atom stereocenters. The molecule has 0 bridgehead atoms. The summed E-state index contributed by atoms with van der Waals surface area (Å²) in [6.45, 7) is 11.1. The first-order chi connectivity index (χ1) is 20.3. The third-order valence-corrected chi connectivity index (χ3v) is 7.78. The molecule has 4 rings (SSSR count). The molecule has 3 aromatic rings. The molecule has 2 N–H and O–H groups in total. The molecular weight excluding hydrogens is 573 g/mol. The van der Waals surface area contributed by atoms with Gasteiger partial charge in [0.15, 0.2) is 0 Å². The third-order valence-electron chi connectivity index (χ3n) is 6.95. The Kier molecular flexibility index (Phi) is 9.59. The van der Waals surface area contributed by atoms with Crippen molar-refractivity contribution in [2.24, 2.45) is 0 Å². The van der Waals surface area contributed by atoms with Crippen molar-refractivity contribution in [3.63, 3.8) is 0 Å². The first-order valence-corrected chi connectivity index (χ1v) is 14.7. The summed E-state index contributed by atoms with van der Waals surface area (Å²) in [5.41, 5.74) is 4.85. The lowest BCUT2D eigenvalue weighted by Gasteiger charge is -2.34. The molecule has 1 aliphatic rings. The van der Waals surface area contributed by atoms with Crippen molar-refractivity contribution >= 4 is 28.8 Å². The average molecular weight is 609 g/mol. The van der Waals surface area contributed by atoms with E-state index in [9.17, 15) is 22.8 Å². The quantitative estimate of drug-likeness (QED) is 0.270. The van der Waals surface area contributed by atoms with E-state index in [2.05, 4.69) is 22.2 Å². The van der Waals surface area contributed by atoms with Gasteiger partial charge >= 0.3 is 12.2 Å². The number of aromatic nitrogens is 1. The van der Waals surface area contributed by atoms with Crippen LogP contribution in [0.15, 0.2) is 78.4 Å². The summed E-state index contributed by atoms with van der Waals surface area (Å²) < 4.78 is 40.4. The number of amides is 3. The van der Waals surface area contributed by atoms with E-state index in [0.29, 0.717) is 35.2 Å². The fourth-order valence-electron chi connectivity index (χ4n) is 4.87. The van der Waals surface area contributed by atoms with E-state index in [1.807, 2.05) is 51.1 Å². The molecule has 226 valence electrons. The second-order valence-electron chi connectivity index (χ2n) is 11.3.